The first kappa shape index (κ1) is 18.5. The van der Waals surface area contributed by atoms with E-state index in [1.54, 1.807) is 12.1 Å². The number of rotatable bonds is 10. The summed E-state index contributed by atoms with van der Waals surface area (Å²) in [7, 11) is 0. The average molecular weight is 331 g/mol. The summed E-state index contributed by atoms with van der Waals surface area (Å²) in [6, 6.07) is 6.23. The minimum absolute atomic E-state index is 0.00823. The molecule has 131 valence electrons. The van der Waals surface area contributed by atoms with Crippen LogP contribution >= 0.6 is 0 Å². The fraction of sp³-hybridized carbons (Fsp3) is 0.474. The number of phenols is 1. The molecule has 0 saturated heterocycles. The van der Waals surface area contributed by atoms with Crippen molar-refractivity contribution in [3.8, 4) is 5.75 Å². The van der Waals surface area contributed by atoms with Gasteiger partial charge in [0.1, 0.15) is 5.75 Å². The predicted molar refractivity (Wildman–Crippen MR) is 97.1 cm³/mol. The van der Waals surface area contributed by atoms with Crippen molar-refractivity contribution in [1.82, 2.24) is 10.3 Å². The van der Waals surface area contributed by atoms with Crippen LogP contribution in [0.3, 0.4) is 0 Å². The molecule has 24 heavy (non-hydrogen) atoms. The second-order valence-electron chi connectivity index (χ2n) is 6.13. The van der Waals surface area contributed by atoms with Gasteiger partial charge >= 0.3 is 0 Å². The zero-order chi connectivity index (χ0) is 17.4. The van der Waals surface area contributed by atoms with E-state index in [-0.39, 0.29) is 11.3 Å². The summed E-state index contributed by atoms with van der Waals surface area (Å²) in [5, 5.41) is 24.2. The highest BCUT2D eigenvalue weighted by molar-refractivity contribution is 5.87. The second-order valence-corrected chi connectivity index (χ2v) is 6.13. The number of benzene rings is 1. The van der Waals surface area contributed by atoms with Crippen molar-refractivity contribution in [1.29, 1.82) is 0 Å². The molecule has 4 N–H and O–H groups in total. The summed E-state index contributed by atoms with van der Waals surface area (Å²) >= 11 is 0. The third-order valence-electron chi connectivity index (χ3n) is 4.21. The molecule has 1 heterocycles. The monoisotopic (exact) mass is 331 g/mol. The van der Waals surface area contributed by atoms with E-state index >= 15 is 0 Å². The van der Waals surface area contributed by atoms with Gasteiger partial charge in [-0.15, -0.1) is 0 Å². The Morgan fingerprint density at radius 1 is 1.08 bits per heavy atom. The van der Waals surface area contributed by atoms with Gasteiger partial charge in [0.25, 0.3) is 0 Å². The molecule has 1 aromatic heterocycles. The van der Waals surface area contributed by atoms with Crippen LogP contribution in [-0.4, -0.2) is 28.3 Å². The van der Waals surface area contributed by atoms with Crippen LogP contribution in [0.15, 0.2) is 29.1 Å². The number of phenolic OH excluding ortho intramolecular Hbond substituents is 1. The number of aromatic amines is 1. The van der Waals surface area contributed by atoms with E-state index in [2.05, 4.69) is 17.2 Å². The number of H-pyrrole nitrogens is 1. The maximum Gasteiger partial charge on any atom is 0.248 e. The number of aromatic hydroxyl groups is 1. The van der Waals surface area contributed by atoms with Gasteiger partial charge in [0.15, 0.2) is 0 Å². The minimum atomic E-state index is -0.690. The number of pyridine rings is 1. The lowest BCUT2D eigenvalue weighted by Crippen LogP contribution is -2.22. The number of unbranched alkanes of at least 4 members (excludes halogenated alkanes) is 5. The van der Waals surface area contributed by atoms with Crippen molar-refractivity contribution in [2.45, 2.75) is 44.6 Å². The van der Waals surface area contributed by atoms with E-state index in [1.165, 1.54) is 37.8 Å². The van der Waals surface area contributed by atoms with Gasteiger partial charge in [0.05, 0.1) is 11.6 Å². The third kappa shape index (κ3) is 5.08. The molecule has 0 saturated carbocycles. The number of hydrogen-bond donors (Lipinski definition) is 4. The molecule has 1 radical (unpaired) electrons. The standard InChI is InChI=1S/C19H27N2O3/c1-2-3-4-5-6-7-12-20-13-17(23)14-8-10-16(22)19-15(14)9-11-18(24)21-19/h8-11,17,20,22-23H,1-7,12-13H2,(H,21,24)/t17-/m0/s1. The van der Waals surface area contributed by atoms with Crippen LogP contribution in [-0.2, 0) is 0 Å². The topological polar surface area (TPSA) is 85.3 Å². The van der Waals surface area contributed by atoms with E-state index in [0.717, 1.165) is 19.4 Å². The first-order chi connectivity index (χ1) is 11.6. The molecule has 2 aromatic rings. The SMILES string of the molecule is [CH2]CCCCCCCNC[C@H](O)c1ccc(O)c2[nH]c(=O)ccc12. The Labute approximate surface area is 142 Å². The Balaban J connectivity index is 1.87. The first-order valence-corrected chi connectivity index (χ1v) is 8.66. The van der Waals surface area contributed by atoms with Gasteiger partial charge in [0, 0.05) is 18.0 Å². The average Bonchev–Trinajstić information content (AvgIpc) is 2.58. The van der Waals surface area contributed by atoms with E-state index in [1.807, 2.05) is 0 Å². The van der Waals surface area contributed by atoms with Crippen molar-refractivity contribution >= 4 is 10.9 Å². The van der Waals surface area contributed by atoms with Crippen molar-refractivity contribution in [3.63, 3.8) is 0 Å². The van der Waals surface area contributed by atoms with Gasteiger partial charge in [0.2, 0.25) is 5.56 Å². The van der Waals surface area contributed by atoms with E-state index < -0.39 is 6.10 Å². The Morgan fingerprint density at radius 3 is 2.62 bits per heavy atom. The number of nitrogens with one attached hydrogen (secondary N) is 2. The maximum absolute atomic E-state index is 11.4. The molecule has 0 aliphatic rings. The number of aliphatic hydroxyl groups excluding tert-OH is 1. The Bertz CT molecular complexity index is 697. The van der Waals surface area contributed by atoms with E-state index in [4.69, 9.17) is 0 Å². The lowest BCUT2D eigenvalue weighted by Gasteiger charge is -2.15. The third-order valence-corrected chi connectivity index (χ3v) is 4.21. The van der Waals surface area contributed by atoms with E-state index in [0.29, 0.717) is 23.0 Å². The summed E-state index contributed by atoms with van der Waals surface area (Å²) in [5.74, 6) is 0.00823. The van der Waals surface area contributed by atoms with Gasteiger partial charge in [-0.05, 0) is 30.7 Å². The molecule has 0 aliphatic heterocycles. The molecule has 2 rings (SSSR count). The van der Waals surface area contributed by atoms with Crippen LogP contribution in [0.4, 0.5) is 0 Å². The summed E-state index contributed by atoms with van der Waals surface area (Å²) in [6.45, 7) is 5.15. The van der Waals surface area contributed by atoms with Crippen molar-refractivity contribution in [2.24, 2.45) is 0 Å². The van der Waals surface area contributed by atoms with Gasteiger partial charge in [-0.1, -0.05) is 45.1 Å². The van der Waals surface area contributed by atoms with Crippen LogP contribution < -0.4 is 10.9 Å². The number of aromatic nitrogens is 1. The summed E-state index contributed by atoms with van der Waals surface area (Å²) in [6.07, 6.45) is 6.27. The molecule has 0 amide bonds. The highest BCUT2D eigenvalue weighted by Gasteiger charge is 2.13. The Kier molecular flexibility index (Phi) is 7.28. The largest absolute Gasteiger partial charge is 0.506 e. The molecule has 0 aliphatic carbocycles. The molecule has 0 spiro atoms. The molecule has 1 aromatic carbocycles. The fourth-order valence-electron chi connectivity index (χ4n) is 2.86. The van der Waals surface area contributed by atoms with Crippen molar-refractivity contribution in [3.05, 3.63) is 47.1 Å². The van der Waals surface area contributed by atoms with Crippen molar-refractivity contribution in [2.75, 3.05) is 13.1 Å². The zero-order valence-electron chi connectivity index (χ0n) is 14.1. The predicted octanol–water partition coefficient (Wildman–Crippen LogP) is 3.03. The van der Waals surface area contributed by atoms with Crippen LogP contribution in [0.2, 0.25) is 0 Å². The van der Waals surface area contributed by atoms with Gasteiger partial charge < -0.3 is 20.5 Å². The van der Waals surface area contributed by atoms with E-state index in [9.17, 15) is 15.0 Å². The normalized spacial score (nSPS) is 12.6. The molecule has 0 unspecified atom stereocenters. The lowest BCUT2D eigenvalue weighted by atomic mass is 10.0. The van der Waals surface area contributed by atoms with Gasteiger partial charge in [-0.3, -0.25) is 4.79 Å². The van der Waals surface area contributed by atoms with Crippen LogP contribution in [0.5, 0.6) is 5.75 Å². The molecule has 1 atom stereocenters. The Hall–Kier alpha value is -1.85. The molecule has 5 heteroatoms. The first-order valence-electron chi connectivity index (χ1n) is 8.66. The van der Waals surface area contributed by atoms with Crippen LogP contribution in [0, 0.1) is 6.92 Å². The number of aliphatic hydroxyl groups is 1. The highest BCUT2D eigenvalue weighted by Crippen LogP contribution is 2.28. The molecule has 0 bridgehead atoms. The quantitative estimate of drug-likeness (QED) is 0.504. The zero-order valence-corrected chi connectivity index (χ0v) is 14.1. The molecular formula is C19H27N2O3. The molecule has 5 nitrogen and oxygen atoms in total. The molecule has 0 fully saturated rings. The van der Waals surface area contributed by atoms with Crippen molar-refractivity contribution < 1.29 is 10.2 Å². The van der Waals surface area contributed by atoms with Gasteiger partial charge in [-0.25, -0.2) is 0 Å². The highest BCUT2D eigenvalue weighted by atomic mass is 16.3. The minimum Gasteiger partial charge on any atom is -0.506 e. The maximum atomic E-state index is 11.4. The smallest absolute Gasteiger partial charge is 0.248 e. The molecular weight excluding hydrogens is 304 g/mol. The summed E-state index contributed by atoms with van der Waals surface area (Å²) in [4.78, 5) is 14.0. The number of fused-ring (bicyclic) bond motifs is 1. The lowest BCUT2D eigenvalue weighted by molar-refractivity contribution is 0.176. The van der Waals surface area contributed by atoms with Crippen LogP contribution in [0.25, 0.3) is 10.9 Å². The summed E-state index contributed by atoms with van der Waals surface area (Å²) < 4.78 is 0. The van der Waals surface area contributed by atoms with Gasteiger partial charge in [-0.2, -0.15) is 0 Å². The second kappa shape index (κ2) is 9.45. The van der Waals surface area contributed by atoms with Crippen LogP contribution in [0.1, 0.15) is 50.2 Å². The summed E-state index contributed by atoms with van der Waals surface area (Å²) in [5.41, 5.74) is 0.785. The Morgan fingerprint density at radius 2 is 1.83 bits per heavy atom. The fourth-order valence-corrected chi connectivity index (χ4v) is 2.86. The number of hydrogen-bond acceptors (Lipinski definition) is 4.